The third kappa shape index (κ3) is 3.46. The van der Waals surface area contributed by atoms with E-state index < -0.39 is 0 Å². The van der Waals surface area contributed by atoms with Crippen LogP contribution in [0.25, 0.3) is 28.3 Å². The van der Waals surface area contributed by atoms with Crippen LogP contribution in [0.3, 0.4) is 0 Å². The van der Waals surface area contributed by atoms with Gasteiger partial charge in [0, 0.05) is 35.2 Å². The number of aromatic amines is 1. The molecule has 1 N–H and O–H groups in total. The SMILES string of the molecule is COc1cc2c(cc1-c1ncn[nH]1)-c1c(c(C(=O)N(C)C(C)(C)C)nn1-c1ccsc1)CO2. The predicted molar refractivity (Wildman–Crippen MR) is 125 cm³/mol. The molecular formula is C23H24N6O3S. The second kappa shape index (κ2) is 7.73. The fourth-order valence-electron chi connectivity index (χ4n) is 3.77. The first kappa shape index (κ1) is 21.2. The molecule has 1 aliphatic heterocycles. The molecule has 0 unspecified atom stereocenters. The van der Waals surface area contributed by atoms with E-state index >= 15 is 0 Å². The van der Waals surface area contributed by atoms with Crippen LogP contribution in [0, 0.1) is 0 Å². The summed E-state index contributed by atoms with van der Waals surface area (Å²) in [6.45, 7) is 6.22. The topological polar surface area (TPSA) is 98.2 Å². The minimum Gasteiger partial charge on any atom is -0.496 e. The van der Waals surface area contributed by atoms with Gasteiger partial charge in [0.1, 0.15) is 24.4 Å². The lowest BCUT2D eigenvalue weighted by Crippen LogP contribution is -2.43. The zero-order valence-corrected chi connectivity index (χ0v) is 19.9. The van der Waals surface area contributed by atoms with E-state index in [0.717, 1.165) is 28.1 Å². The number of benzene rings is 1. The number of H-pyrrole nitrogens is 1. The number of nitrogens with zero attached hydrogens (tertiary/aromatic N) is 5. The number of methoxy groups -OCH3 is 1. The fourth-order valence-corrected chi connectivity index (χ4v) is 4.38. The molecule has 10 heteroatoms. The van der Waals surface area contributed by atoms with E-state index in [1.165, 1.54) is 6.33 Å². The molecule has 0 aliphatic carbocycles. The van der Waals surface area contributed by atoms with Gasteiger partial charge in [-0.25, -0.2) is 9.67 Å². The lowest BCUT2D eigenvalue weighted by Gasteiger charge is -2.31. The standard InChI is InChI=1S/C23H24N6O3S/c1-23(2,3)28(4)22(30)19-16-10-32-18-9-17(31-5)15(21-24-12-25-26-21)8-14(18)20(16)29(27-19)13-6-7-33-11-13/h6-9,11-12H,10H2,1-5H3,(H,24,25,26). The van der Waals surface area contributed by atoms with E-state index in [0.29, 0.717) is 23.0 Å². The van der Waals surface area contributed by atoms with Gasteiger partial charge >= 0.3 is 0 Å². The highest BCUT2D eigenvalue weighted by atomic mass is 32.1. The lowest BCUT2D eigenvalue weighted by atomic mass is 9.98. The highest BCUT2D eigenvalue weighted by Gasteiger charge is 2.34. The first-order valence-corrected chi connectivity index (χ1v) is 11.4. The Labute approximate surface area is 195 Å². The Morgan fingerprint density at radius 3 is 2.76 bits per heavy atom. The monoisotopic (exact) mass is 464 g/mol. The maximum absolute atomic E-state index is 13.5. The lowest BCUT2D eigenvalue weighted by molar-refractivity contribution is 0.0646. The number of fused-ring (bicyclic) bond motifs is 3. The maximum atomic E-state index is 13.5. The van der Waals surface area contributed by atoms with Gasteiger partial charge in [0.25, 0.3) is 5.91 Å². The molecular weight excluding hydrogens is 440 g/mol. The molecule has 9 nitrogen and oxygen atoms in total. The molecule has 0 spiro atoms. The summed E-state index contributed by atoms with van der Waals surface area (Å²) in [4.78, 5) is 19.5. The molecule has 5 rings (SSSR count). The van der Waals surface area contributed by atoms with Gasteiger partial charge in [0.05, 0.1) is 24.1 Å². The quantitative estimate of drug-likeness (QED) is 0.487. The van der Waals surface area contributed by atoms with Crippen LogP contribution in [0.5, 0.6) is 11.5 Å². The van der Waals surface area contributed by atoms with Gasteiger partial charge in [-0.2, -0.15) is 21.5 Å². The van der Waals surface area contributed by atoms with Gasteiger partial charge in [-0.3, -0.25) is 9.89 Å². The largest absolute Gasteiger partial charge is 0.496 e. The second-order valence-electron chi connectivity index (χ2n) is 8.78. The van der Waals surface area contributed by atoms with Crippen LogP contribution in [0.4, 0.5) is 0 Å². The molecule has 4 aromatic rings. The number of thiophene rings is 1. The van der Waals surface area contributed by atoms with Crippen molar-refractivity contribution >= 4 is 17.2 Å². The first-order valence-electron chi connectivity index (χ1n) is 10.4. The van der Waals surface area contributed by atoms with Crippen molar-refractivity contribution in [2.75, 3.05) is 14.2 Å². The van der Waals surface area contributed by atoms with Gasteiger partial charge < -0.3 is 14.4 Å². The van der Waals surface area contributed by atoms with Gasteiger partial charge in [-0.1, -0.05) is 0 Å². The van der Waals surface area contributed by atoms with Gasteiger partial charge in [-0.15, -0.1) is 0 Å². The molecule has 1 amide bonds. The van der Waals surface area contributed by atoms with E-state index in [1.807, 2.05) is 54.4 Å². The molecule has 0 saturated carbocycles. The van der Waals surface area contributed by atoms with Crippen molar-refractivity contribution < 1.29 is 14.3 Å². The van der Waals surface area contributed by atoms with E-state index in [9.17, 15) is 4.79 Å². The molecule has 1 aromatic carbocycles. The maximum Gasteiger partial charge on any atom is 0.274 e. The summed E-state index contributed by atoms with van der Waals surface area (Å²) in [5.41, 5.74) is 4.04. The van der Waals surface area contributed by atoms with Crippen molar-refractivity contribution in [3.8, 4) is 39.8 Å². The summed E-state index contributed by atoms with van der Waals surface area (Å²) in [5.74, 6) is 1.69. The molecule has 4 heterocycles. The predicted octanol–water partition coefficient (Wildman–Crippen LogP) is 4.16. The summed E-state index contributed by atoms with van der Waals surface area (Å²) >= 11 is 1.57. The normalized spacial score (nSPS) is 12.6. The zero-order valence-electron chi connectivity index (χ0n) is 19.0. The van der Waals surface area contributed by atoms with Crippen molar-refractivity contribution in [2.45, 2.75) is 32.9 Å². The van der Waals surface area contributed by atoms with Crippen molar-refractivity contribution in [3.63, 3.8) is 0 Å². The van der Waals surface area contributed by atoms with E-state index in [1.54, 1.807) is 30.4 Å². The molecule has 0 saturated heterocycles. The fraction of sp³-hybridized carbons (Fsp3) is 0.304. The Kier molecular flexibility index (Phi) is 4.97. The van der Waals surface area contributed by atoms with Gasteiger partial charge in [-0.05, 0) is 38.3 Å². The van der Waals surface area contributed by atoms with E-state index in [4.69, 9.17) is 14.6 Å². The molecule has 0 radical (unpaired) electrons. The number of carbonyl (C=O) groups is 1. The van der Waals surface area contributed by atoms with Crippen molar-refractivity contribution in [1.29, 1.82) is 0 Å². The Balaban J connectivity index is 1.75. The number of amides is 1. The number of rotatable bonds is 4. The number of ether oxygens (including phenoxy) is 2. The third-order valence-electron chi connectivity index (χ3n) is 5.85. The smallest absolute Gasteiger partial charge is 0.274 e. The Hall–Kier alpha value is -3.66. The number of aromatic nitrogens is 5. The van der Waals surface area contributed by atoms with Crippen LogP contribution < -0.4 is 9.47 Å². The average molecular weight is 465 g/mol. The van der Waals surface area contributed by atoms with Crippen LogP contribution in [0.1, 0.15) is 36.8 Å². The minimum absolute atomic E-state index is 0.149. The third-order valence-corrected chi connectivity index (χ3v) is 6.52. The van der Waals surface area contributed by atoms with Crippen molar-refractivity contribution in [1.82, 2.24) is 29.9 Å². The van der Waals surface area contributed by atoms with Crippen LogP contribution in [0.2, 0.25) is 0 Å². The average Bonchev–Trinajstić information content (AvgIpc) is 3.56. The summed E-state index contributed by atoms with van der Waals surface area (Å²) < 4.78 is 13.5. The summed E-state index contributed by atoms with van der Waals surface area (Å²) in [6.07, 6.45) is 1.45. The van der Waals surface area contributed by atoms with Crippen LogP contribution in [-0.2, 0) is 6.61 Å². The molecule has 0 bridgehead atoms. The highest BCUT2D eigenvalue weighted by molar-refractivity contribution is 7.08. The second-order valence-corrected chi connectivity index (χ2v) is 9.56. The summed E-state index contributed by atoms with van der Waals surface area (Å²) in [7, 11) is 3.40. The molecule has 0 fully saturated rings. The van der Waals surface area contributed by atoms with Gasteiger partial charge in [0.2, 0.25) is 0 Å². The van der Waals surface area contributed by atoms with Crippen molar-refractivity contribution in [2.24, 2.45) is 0 Å². The molecule has 33 heavy (non-hydrogen) atoms. The molecule has 0 atom stereocenters. The van der Waals surface area contributed by atoms with E-state index in [-0.39, 0.29) is 18.1 Å². The van der Waals surface area contributed by atoms with E-state index in [2.05, 4.69) is 15.2 Å². The van der Waals surface area contributed by atoms with Crippen molar-refractivity contribution in [3.05, 3.63) is 46.5 Å². The number of carbonyl (C=O) groups excluding carboxylic acids is 1. The summed E-state index contributed by atoms with van der Waals surface area (Å²) in [6, 6.07) is 5.76. The molecule has 3 aromatic heterocycles. The van der Waals surface area contributed by atoms with Crippen LogP contribution in [0.15, 0.2) is 35.3 Å². The van der Waals surface area contributed by atoms with Gasteiger partial charge in [0.15, 0.2) is 11.5 Å². The minimum atomic E-state index is -0.351. The molecule has 170 valence electrons. The Morgan fingerprint density at radius 2 is 2.12 bits per heavy atom. The zero-order chi connectivity index (χ0) is 23.3. The highest BCUT2D eigenvalue weighted by Crippen LogP contribution is 2.45. The summed E-state index contributed by atoms with van der Waals surface area (Å²) in [5, 5.41) is 15.6. The Bertz CT molecular complexity index is 1320. The number of nitrogens with one attached hydrogen (secondary N) is 1. The first-order chi connectivity index (χ1) is 15.8. The van der Waals surface area contributed by atoms with Crippen LogP contribution in [-0.4, -0.2) is 55.5 Å². The Morgan fingerprint density at radius 1 is 1.30 bits per heavy atom. The number of hydrogen-bond acceptors (Lipinski definition) is 7. The number of hydrogen-bond donors (Lipinski definition) is 1. The van der Waals surface area contributed by atoms with Crippen LogP contribution >= 0.6 is 11.3 Å². The molecule has 1 aliphatic rings.